The third-order valence-electron chi connectivity index (χ3n) is 6.55. The van der Waals surface area contributed by atoms with Gasteiger partial charge in [0.2, 0.25) is 0 Å². The highest BCUT2D eigenvalue weighted by Crippen LogP contribution is 2.26. The number of amides is 1. The van der Waals surface area contributed by atoms with Gasteiger partial charge < -0.3 is 10.2 Å². The molecule has 170 valence electrons. The van der Waals surface area contributed by atoms with E-state index >= 15 is 0 Å². The number of piperidine rings is 1. The third kappa shape index (κ3) is 4.60. The smallest absolute Gasteiger partial charge is 0.329 e. The lowest BCUT2D eigenvalue weighted by atomic mass is 9.97. The van der Waals surface area contributed by atoms with Crippen LogP contribution in [-0.4, -0.2) is 38.4 Å². The molecule has 3 heterocycles. The molecule has 1 fully saturated rings. The number of hydrogen-bond donors (Lipinski definition) is 2. The number of hydrogen-bond acceptors (Lipinski definition) is 5. The van der Waals surface area contributed by atoms with Crippen LogP contribution in [0.2, 0.25) is 0 Å². The second-order valence-electron chi connectivity index (χ2n) is 8.90. The SMILES string of the molecule is O=C(c1cccnc1)N1CCCC(Cn2c(=O)cc(Nc3ccc4c(c3)CCC4)[nH]c2=O)C1. The number of pyridine rings is 1. The van der Waals surface area contributed by atoms with E-state index in [-0.39, 0.29) is 23.9 Å². The van der Waals surface area contributed by atoms with Gasteiger partial charge in [0.1, 0.15) is 5.82 Å². The molecule has 2 aromatic heterocycles. The highest BCUT2D eigenvalue weighted by Gasteiger charge is 2.25. The van der Waals surface area contributed by atoms with Crippen LogP contribution in [0.4, 0.5) is 11.5 Å². The summed E-state index contributed by atoms with van der Waals surface area (Å²) in [6.45, 7) is 1.46. The van der Waals surface area contributed by atoms with E-state index in [9.17, 15) is 14.4 Å². The Hall–Kier alpha value is -3.68. The first kappa shape index (κ1) is 21.2. The molecule has 0 bridgehead atoms. The van der Waals surface area contributed by atoms with Crippen molar-refractivity contribution < 1.29 is 4.79 Å². The summed E-state index contributed by atoms with van der Waals surface area (Å²) >= 11 is 0. The molecule has 2 N–H and O–H groups in total. The zero-order chi connectivity index (χ0) is 22.8. The van der Waals surface area contributed by atoms with Crippen molar-refractivity contribution in [1.82, 2.24) is 19.4 Å². The highest BCUT2D eigenvalue weighted by atomic mass is 16.2. The van der Waals surface area contributed by atoms with Crippen molar-refractivity contribution in [2.24, 2.45) is 5.92 Å². The van der Waals surface area contributed by atoms with Gasteiger partial charge in [-0.05, 0) is 73.4 Å². The number of aryl methyl sites for hydroxylation is 2. The molecule has 1 unspecified atom stereocenters. The van der Waals surface area contributed by atoms with E-state index in [0.717, 1.165) is 37.8 Å². The van der Waals surface area contributed by atoms with E-state index in [0.29, 0.717) is 24.5 Å². The maximum atomic E-state index is 12.8. The van der Waals surface area contributed by atoms with Crippen molar-refractivity contribution in [1.29, 1.82) is 0 Å². The number of fused-ring (bicyclic) bond motifs is 1. The van der Waals surface area contributed by atoms with Crippen molar-refractivity contribution in [3.05, 3.63) is 86.3 Å². The summed E-state index contributed by atoms with van der Waals surface area (Å²) in [6.07, 6.45) is 8.22. The van der Waals surface area contributed by atoms with Crippen LogP contribution in [0.25, 0.3) is 0 Å². The second kappa shape index (κ2) is 9.05. The van der Waals surface area contributed by atoms with Crippen molar-refractivity contribution in [2.75, 3.05) is 18.4 Å². The first-order valence-corrected chi connectivity index (χ1v) is 11.5. The Morgan fingerprint density at radius 3 is 2.82 bits per heavy atom. The fraction of sp³-hybridized carbons (Fsp3) is 0.360. The summed E-state index contributed by atoms with van der Waals surface area (Å²) in [6, 6.07) is 11.1. The van der Waals surface area contributed by atoms with E-state index in [2.05, 4.69) is 27.4 Å². The molecule has 0 radical (unpaired) electrons. The molecular formula is C25H27N5O3. The zero-order valence-electron chi connectivity index (χ0n) is 18.4. The first-order valence-electron chi connectivity index (χ1n) is 11.5. The number of aromatic amines is 1. The molecule has 0 saturated carbocycles. The monoisotopic (exact) mass is 445 g/mol. The van der Waals surface area contributed by atoms with Gasteiger partial charge in [0, 0.05) is 43.8 Å². The lowest BCUT2D eigenvalue weighted by molar-refractivity contribution is 0.0660. The summed E-state index contributed by atoms with van der Waals surface area (Å²) in [7, 11) is 0. The Kier molecular flexibility index (Phi) is 5.81. The molecule has 1 aromatic carbocycles. The highest BCUT2D eigenvalue weighted by molar-refractivity contribution is 5.93. The number of benzene rings is 1. The molecule has 8 nitrogen and oxygen atoms in total. The molecule has 1 atom stereocenters. The maximum absolute atomic E-state index is 12.8. The van der Waals surface area contributed by atoms with E-state index < -0.39 is 5.69 Å². The van der Waals surface area contributed by atoms with Crippen LogP contribution in [0.1, 0.15) is 40.7 Å². The number of H-pyrrole nitrogens is 1. The van der Waals surface area contributed by atoms with Gasteiger partial charge in [-0.25, -0.2) is 4.79 Å². The molecule has 5 rings (SSSR count). The Bertz CT molecular complexity index is 1250. The van der Waals surface area contributed by atoms with E-state index in [1.165, 1.54) is 21.8 Å². The van der Waals surface area contributed by atoms with Gasteiger partial charge in [0.05, 0.1) is 5.56 Å². The molecule has 0 spiro atoms. The minimum atomic E-state index is -0.443. The van der Waals surface area contributed by atoms with Gasteiger partial charge in [-0.3, -0.25) is 24.1 Å². The van der Waals surface area contributed by atoms with Gasteiger partial charge in [0.15, 0.2) is 0 Å². The average Bonchev–Trinajstić information content (AvgIpc) is 3.30. The number of rotatable bonds is 5. The number of carbonyl (C=O) groups excluding carboxylic acids is 1. The van der Waals surface area contributed by atoms with Gasteiger partial charge in [-0.15, -0.1) is 0 Å². The molecule has 1 aliphatic heterocycles. The Morgan fingerprint density at radius 1 is 1.12 bits per heavy atom. The lowest BCUT2D eigenvalue weighted by Gasteiger charge is -2.32. The van der Waals surface area contributed by atoms with Crippen molar-refractivity contribution in [3.63, 3.8) is 0 Å². The van der Waals surface area contributed by atoms with E-state index in [4.69, 9.17) is 0 Å². The Balaban J connectivity index is 1.28. The van der Waals surface area contributed by atoms with Crippen LogP contribution >= 0.6 is 0 Å². The topological polar surface area (TPSA) is 100 Å². The zero-order valence-corrected chi connectivity index (χ0v) is 18.4. The van der Waals surface area contributed by atoms with Crippen LogP contribution < -0.4 is 16.6 Å². The summed E-state index contributed by atoms with van der Waals surface area (Å²) in [5.41, 5.74) is 3.31. The number of likely N-dealkylation sites (tertiary alicyclic amines) is 1. The molecule has 8 heteroatoms. The van der Waals surface area contributed by atoms with Gasteiger partial charge in [-0.1, -0.05) is 6.07 Å². The summed E-state index contributed by atoms with van der Waals surface area (Å²) in [5, 5.41) is 3.16. The molecule has 1 aliphatic carbocycles. The van der Waals surface area contributed by atoms with Crippen LogP contribution in [0.3, 0.4) is 0 Å². The number of anilines is 2. The largest absolute Gasteiger partial charge is 0.342 e. The van der Waals surface area contributed by atoms with Crippen LogP contribution in [0.5, 0.6) is 0 Å². The van der Waals surface area contributed by atoms with Crippen LogP contribution in [0.15, 0.2) is 58.4 Å². The van der Waals surface area contributed by atoms with Crippen molar-refractivity contribution >= 4 is 17.4 Å². The number of aromatic nitrogens is 3. The molecule has 2 aliphatic rings. The Morgan fingerprint density at radius 2 is 2.00 bits per heavy atom. The summed E-state index contributed by atoms with van der Waals surface area (Å²) in [5.74, 6) is 0.355. The number of nitrogens with one attached hydrogen (secondary N) is 2. The minimum absolute atomic E-state index is 0.0358. The molecule has 1 amide bonds. The van der Waals surface area contributed by atoms with Gasteiger partial charge in [0.25, 0.3) is 11.5 Å². The Labute approximate surface area is 191 Å². The van der Waals surface area contributed by atoms with Gasteiger partial charge in [-0.2, -0.15) is 0 Å². The molecular weight excluding hydrogens is 418 g/mol. The van der Waals surface area contributed by atoms with Crippen LogP contribution in [0, 0.1) is 5.92 Å². The standard InChI is InChI=1S/C25H27N5O3/c31-23-13-22(27-21-9-8-18-5-1-6-19(18)12-21)28-25(33)30(23)16-17-4-3-11-29(15-17)24(32)20-7-2-10-26-14-20/h2,7-10,12-14,17,27H,1,3-6,11,15-16H2,(H,28,33). The van der Waals surface area contributed by atoms with E-state index in [1.54, 1.807) is 29.4 Å². The predicted octanol–water partition coefficient (Wildman–Crippen LogP) is 2.72. The predicted molar refractivity (Wildman–Crippen MR) is 126 cm³/mol. The number of carbonyl (C=O) groups is 1. The third-order valence-corrected chi connectivity index (χ3v) is 6.55. The molecule has 1 saturated heterocycles. The van der Waals surface area contributed by atoms with E-state index in [1.807, 2.05) is 6.07 Å². The number of nitrogens with zero attached hydrogens (tertiary/aromatic N) is 3. The molecule has 33 heavy (non-hydrogen) atoms. The fourth-order valence-corrected chi connectivity index (χ4v) is 4.89. The lowest BCUT2D eigenvalue weighted by Crippen LogP contribution is -2.44. The maximum Gasteiger partial charge on any atom is 0.329 e. The summed E-state index contributed by atoms with van der Waals surface area (Å²) < 4.78 is 1.23. The minimum Gasteiger partial charge on any atom is -0.342 e. The average molecular weight is 446 g/mol. The van der Waals surface area contributed by atoms with Crippen molar-refractivity contribution in [2.45, 2.75) is 38.6 Å². The fourth-order valence-electron chi connectivity index (χ4n) is 4.89. The second-order valence-corrected chi connectivity index (χ2v) is 8.90. The van der Waals surface area contributed by atoms with Crippen LogP contribution in [-0.2, 0) is 19.4 Å². The quantitative estimate of drug-likeness (QED) is 0.629. The molecule has 3 aromatic rings. The summed E-state index contributed by atoms with van der Waals surface area (Å²) in [4.78, 5) is 46.8. The first-order chi connectivity index (χ1) is 16.1. The van der Waals surface area contributed by atoms with Crippen molar-refractivity contribution in [3.8, 4) is 0 Å². The normalized spacial score (nSPS) is 17.6. The van der Waals surface area contributed by atoms with Gasteiger partial charge >= 0.3 is 5.69 Å².